The van der Waals surface area contributed by atoms with E-state index in [-0.39, 0.29) is 18.1 Å². The van der Waals surface area contributed by atoms with Gasteiger partial charge in [0.1, 0.15) is 6.04 Å². The fourth-order valence-corrected chi connectivity index (χ4v) is 1.72. The Balaban J connectivity index is 2.51. The van der Waals surface area contributed by atoms with Crippen LogP contribution < -0.4 is 10.6 Å². The number of rotatable bonds is 7. The summed E-state index contributed by atoms with van der Waals surface area (Å²) < 4.78 is 5.21. The smallest absolute Gasteiger partial charge is 0.240 e. The molecule has 18 heavy (non-hydrogen) atoms. The third-order valence-corrected chi connectivity index (χ3v) is 2.86. The van der Waals surface area contributed by atoms with Crippen molar-refractivity contribution in [1.29, 1.82) is 0 Å². The molecule has 0 aliphatic heterocycles. The molecule has 0 fully saturated rings. The highest BCUT2D eigenvalue weighted by Gasteiger charge is 2.23. The summed E-state index contributed by atoms with van der Waals surface area (Å²) in [6.45, 7) is 5.13. The van der Waals surface area contributed by atoms with Gasteiger partial charge in [-0.25, -0.2) is 0 Å². The van der Waals surface area contributed by atoms with Crippen LogP contribution in [0.25, 0.3) is 0 Å². The van der Waals surface area contributed by atoms with Gasteiger partial charge in [0.25, 0.3) is 0 Å². The van der Waals surface area contributed by atoms with E-state index in [1.807, 2.05) is 44.2 Å². The minimum atomic E-state index is -0.316. The third-order valence-electron chi connectivity index (χ3n) is 2.86. The van der Waals surface area contributed by atoms with E-state index in [9.17, 15) is 4.79 Å². The second kappa shape index (κ2) is 7.84. The summed E-state index contributed by atoms with van der Waals surface area (Å²) in [5.74, 6) is -0.0324. The molecular formula is C14H22N2O2. The van der Waals surface area contributed by atoms with Crippen molar-refractivity contribution in [2.75, 3.05) is 13.7 Å². The number of methoxy groups -OCH3 is 1. The molecule has 0 bridgehead atoms. The first-order valence-corrected chi connectivity index (χ1v) is 6.26. The standard InChI is InChI=1S/C14H22N2O2/c1-4-15-13(11(2)18-3)14(17)16-10-12-8-6-5-7-9-12/h5-9,11,13,15H,4,10H2,1-3H3,(H,16,17)/t11-,13?/m1/s1. The van der Waals surface area contributed by atoms with Crippen LogP contribution in [0.1, 0.15) is 19.4 Å². The van der Waals surface area contributed by atoms with Crippen LogP contribution >= 0.6 is 0 Å². The van der Waals surface area contributed by atoms with Crippen molar-refractivity contribution in [1.82, 2.24) is 10.6 Å². The van der Waals surface area contributed by atoms with Crippen LogP contribution in [0, 0.1) is 0 Å². The molecule has 1 rings (SSSR count). The Kier molecular flexibility index (Phi) is 6.39. The van der Waals surface area contributed by atoms with Crippen LogP contribution in [0.2, 0.25) is 0 Å². The zero-order chi connectivity index (χ0) is 13.4. The summed E-state index contributed by atoms with van der Waals surface area (Å²) in [6, 6.07) is 9.54. The van der Waals surface area contributed by atoms with Crippen LogP contribution in [-0.4, -0.2) is 31.7 Å². The average molecular weight is 250 g/mol. The van der Waals surface area contributed by atoms with Gasteiger partial charge in [0, 0.05) is 13.7 Å². The maximum atomic E-state index is 12.1. The molecule has 0 aliphatic rings. The van der Waals surface area contributed by atoms with Crippen LogP contribution in [-0.2, 0) is 16.1 Å². The van der Waals surface area contributed by atoms with Gasteiger partial charge in [0.05, 0.1) is 6.10 Å². The molecule has 4 nitrogen and oxygen atoms in total. The zero-order valence-corrected chi connectivity index (χ0v) is 11.3. The van der Waals surface area contributed by atoms with Crippen molar-refractivity contribution in [3.05, 3.63) is 35.9 Å². The Hall–Kier alpha value is -1.39. The average Bonchev–Trinajstić information content (AvgIpc) is 2.42. The minimum Gasteiger partial charge on any atom is -0.380 e. The summed E-state index contributed by atoms with van der Waals surface area (Å²) in [5, 5.41) is 6.05. The highest BCUT2D eigenvalue weighted by atomic mass is 16.5. The molecule has 2 atom stereocenters. The summed E-state index contributed by atoms with van der Waals surface area (Å²) >= 11 is 0. The van der Waals surface area contributed by atoms with E-state index in [0.717, 1.165) is 12.1 Å². The maximum absolute atomic E-state index is 12.1. The van der Waals surface area contributed by atoms with Crippen LogP contribution in [0.15, 0.2) is 30.3 Å². The summed E-state index contributed by atoms with van der Waals surface area (Å²) in [5.41, 5.74) is 1.09. The molecule has 1 amide bonds. The predicted octanol–water partition coefficient (Wildman–Crippen LogP) is 1.32. The van der Waals surface area contributed by atoms with Gasteiger partial charge in [-0.2, -0.15) is 0 Å². The Bertz CT molecular complexity index is 354. The molecule has 0 saturated carbocycles. The van der Waals surface area contributed by atoms with Gasteiger partial charge < -0.3 is 15.4 Å². The SMILES string of the molecule is CCNC(C(=O)NCc1ccccc1)[C@@H](C)OC. The maximum Gasteiger partial charge on any atom is 0.240 e. The first-order valence-electron chi connectivity index (χ1n) is 6.26. The second-order valence-corrected chi connectivity index (χ2v) is 4.18. The molecule has 1 aromatic carbocycles. The molecule has 1 unspecified atom stereocenters. The predicted molar refractivity (Wildman–Crippen MR) is 72.2 cm³/mol. The van der Waals surface area contributed by atoms with E-state index in [0.29, 0.717) is 6.54 Å². The molecule has 0 heterocycles. The van der Waals surface area contributed by atoms with E-state index < -0.39 is 0 Å². The van der Waals surface area contributed by atoms with E-state index in [1.54, 1.807) is 7.11 Å². The lowest BCUT2D eigenvalue weighted by Gasteiger charge is -2.22. The molecule has 100 valence electrons. The first-order chi connectivity index (χ1) is 8.69. The number of amides is 1. The van der Waals surface area contributed by atoms with Gasteiger partial charge in [0.15, 0.2) is 0 Å². The number of hydrogen-bond acceptors (Lipinski definition) is 3. The molecule has 2 N–H and O–H groups in total. The van der Waals surface area contributed by atoms with E-state index in [1.165, 1.54) is 0 Å². The number of likely N-dealkylation sites (N-methyl/N-ethyl adjacent to an activating group) is 1. The van der Waals surface area contributed by atoms with E-state index >= 15 is 0 Å². The number of benzene rings is 1. The Morgan fingerprint density at radius 1 is 1.33 bits per heavy atom. The van der Waals surface area contributed by atoms with Crippen LogP contribution in [0.4, 0.5) is 0 Å². The molecule has 0 aromatic heterocycles. The molecule has 0 aliphatic carbocycles. The summed E-state index contributed by atoms with van der Waals surface area (Å²) in [7, 11) is 1.61. The summed E-state index contributed by atoms with van der Waals surface area (Å²) in [4.78, 5) is 12.1. The molecular weight excluding hydrogens is 228 g/mol. The number of ether oxygens (including phenoxy) is 1. The van der Waals surface area contributed by atoms with Gasteiger partial charge in [-0.05, 0) is 19.0 Å². The zero-order valence-electron chi connectivity index (χ0n) is 11.3. The number of hydrogen-bond donors (Lipinski definition) is 2. The monoisotopic (exact) mass is 250 g/mol. The second-order valence-electron chi connectivity index (χ2n) is 4.18. The number of nitrogens with one attached hydrogen (secondary N) is 2. The highest BCUT2D eigenvalue weighted by Crippen LogP contribution is 2.01. The Morgan fingerprint density at radius 3 is 2.56 bits per heavy atom. The van der Waals surface area contributed by atoms with Crippen molar-refractivity contribution in [3.8, 4) is 0 Å². The fourth-order valence-electron chi connectivity index (χ4n) is 1.72. The summed E-state index contributed by atoms with van der Waals surface area (Å²) in [6.07, 6.45) is -0.152. The molecule has 0 spiro atoms. The van der Waals surface area contributed by atoms with Crippen LogP contribution in [0.5, 0.6) is 0 Å². The number of carbonyl (C=O) groups is 1. The van der Waals surface area contributed by atoms with Crippen molar-refractivity contribution in [2.24, 2.45) is 0 Å². The third kappa shape index (κ3) is 4.47. The fraction of sp³-hybridized carbons (Fsp3) is 0.500. The topological polar surface area (TPSA) is 50.4 Å². The lowest BCUT2D eigenvalue weighted by Crippen LogP contribution is -2.50. The van der Waals surface area contributed by atoms with Crippen LogP contribution in [0.3, 0.4) is 0 Å². The number of carbonyl (C=O) groups excluding carboxylic acids is 1. The van der Waals surface area contributed by atoms with Crippen molar-refractivity contribution >= 4 is 5.91 Å². The van der Waals surface area contributed by atoms with Crippen molar-refractivity contribution in [3.63, 3.8) is 0 Å². The molecule has 4 heteroatoms. The van der Waals surface area contributed by atoms with Crippen molar-refractivity contribution in [2.45, 2.75) is 32.5 Å². The lowest BCUT2D eigenvalue weighted by atomic mass is 10.1. The van der Waals surface area contributed by atoms with Gasteiger partial charge in [-0.3, -0.25) is 4.79 Å². The Labute approximate surface area is 109 Å². The molecule has 0 saturated heterocycles. The van der Waals surface area contributed by atoms with Gasteiger partial charge in [-0.1, -0.05) is 37.3 Å². The van der Waals surface area contributed by atoms with E-state index in [4.69, 9.17) is 4.74 Å². The highest BCUT2D eigenvalue weighted by molar-refractivity contribution is 5.82. The molecule has 0 radical (unpaired) electrons. The largest absolute Gasteiger partial charge is 0.380 e. The minimum absolute atomic E-state index is 0.0324. The Morgan fingerprint density at radius 2 is 2.00 bits per heavy atom. The molecule has 1 aromatic rings. The van der Waals surface area contributed by atoms with Gasteiger partial charge in [-0.15, -0.1) is 0 Å². The van der Waals surface area contributed by atoms with Crippen molar-refractivity contribution < 1.29 is 9.53 Å². The lowest BCUT2D eigenvalue weighted by molar-refractivity contribution is -0.126. The quantitative estimate of drug-likeness (QED) is 0.767. The normalized spacial score (nSPS) is 13.9. The van der Waals surface area contributed by atoms with E-state index in [2.05, 4.69) is 10.6 Å². The van der Waals surface area contributed by atoms with Gasteiger partial charge >= 0.3 is 0 Å². The first kappa shape index (κ1) is 14.7. The van der Waals surface area contributed by atoms with Gasteiger partial charge in [0.2, 0.25) is 5.91 Å².